The topological polar surface area (TPSA) is 66.9 Å². The van der Waals surface area contributed by atoms with Crippen LogP contribution in [-0.4, -0.2) is 22.9 Å². The lowest BCUT2D eigenvalue weighted by Crippen LogP contribution is -2.15. The minimum Gasteiger partial charge on any atom is -0.372 e. The Bertz CT molecular complexity index is 590. The Morgan fingerprint density at radius 2 is 2.05 bits per heavy atom. The van der Waals surface area contributed by atoms with Crippen molar-refractivity contribution >= 4 is 17.5 Å². The zero-order valence-corrected chi connectivity index (χ0v) is 11.2. The predicted octanol–water partition coefficient (Wildman–Crippen LogP) is 2.39. The zero-order chi connectivity index (χ0) is 13.8. The lowest BCUT2D eigenvalue weighted by atomic mass is 10.2. The summed E-state index contributed by atoms with van der Waals surface area (Å²) in [6, 6.07) is 7.24. The van der Waals surface area contributed by atoms with Gasteiger partial charge in [-0.3, -0.25) is 4.79 Å². The lowest BCUT2D eigenvalue weighted by molar-refractivity contribution is 0.102. The first-order chi connectivity index (χ1) is 9.10. The van der Waals surface area contributed by atoms with Crippen molar-refractivity contribution in [1.82, 2.24) is 9.97 Å². The molecule has 0 bridgehead atoms. The summed E-state index contributed by atoms with van der Waals surface area (Å²) < 4.78 is 0. The molecule has 0 aliphatic carbocycles. The molecule has 0 saturated carbocycles. The number of anilines is 2. The molecule has 2 heterocycles. The summed E-state index contributed by atoms with van der Waals surface area (Å²) in [4.78, 5) is 20.6. The van der Waals surface area contributed by atoms with Gasteiger partial charge in [-0.1, -0.05) is 0 Å². The Morgan fingerprint density at radius 3 is 2.74 bits per heavy atom. The molecule has 5 heteroatoms. The van der Waals surface area contributed by atoms with Gasteiger partial charge in [0.25, 0.3) is 5.91 Å². The molecule has 5 nitrogen and oxygen atoms in total. The molecule has 0 spiro atoms. The van der Waals surface area contributed by atoms with E-state index in [0.29, 0.717) is 17.2 Å². The standard InChI is InChI=1S/C14H16N4O/c1-9-7-10(2)17-12(8-9)18-14(19)11-5-4-6-16-13(11)15-3/h4-8H,1-3H3,(H,15,16)(H,17,18,19). The maximum absolute atomic E-state index is 12.2. The second-order valence-electron chi connectivity index (χ2n) is 4.27. The molecule has 0 radical (unpaired) electrons. The first-order valence-electron chi connectivity index (χ1n) is 5.99. The largest absolute Gasteiger partial charge is 0.372 e. The maximum Gasteiger partial charge on any atom is 0.260 e. The van der Waals surface area contributed by atoms with E-state index in [-0.39, 0.29) is 5.91 Å². The van der Waals surface area contributed by atoms with Gasteiger partial charge in [-0.2, -0.15) is 0 Å². The Hall–Kier alpha value is -2.43. The minimum absolute atomic E-state index is 0.227. The van der Waals surface area contributed by atoms with E-state index in [0.717, 1.165) is 11.3 Å². The molecule has 0 aromatic carbocycles. The van der Waals surface area contributed by atoms with Gasteiger partial charge in [0.05, 0.1) is 5.56 Å². The van der Waals surface area contributed by atoms with Gasteiger partial charge in [-0.25, -0.2) is 9.97 Å². The molecular weight excluding hydrogens is 240 g/mol. The first kappa shape index (κ1) is 13.0. The van der Waals surface area contributed by atoms with E-state index in [1.54, 1.807) is 25.4 Å². The number of amides is 1. The van der Waals surface area contributed by atoms with Gasteiger partial charge in [-0.15, -0.1) is 0 Å². The third kappa shape index (κ3) is 3.07. The second-order valence-corrected chi connectivity index (χ2v) is 4.27. The quantitative estimate of drug-likeness (QED) is 0.884. The van der Waals surface area contributed by atoms with Crippen LogP contribution in [0.3, 0.4) is 0 Å². The van der Waals surface area contributed by atoms with Gasteiger partial charge in [0, 0.05) is 18.9 Å². The van der Waals surface area contributed by atoms with Crippen molar-refractivity contribution in [2.45, 2.75) is 13.8 Å². The Balaban J connectivity index is 2.25. The molecule has 2 aromatic rings. The fourth-order valence-corrected chi connectivity index (χ4v) is 1.88. The summed E-state index contributed by atoms with van der Waals surface area (Å²) in [7, 11) is 1.73. The molecule has 0 aliphatic heterocycles. The summed E-state index contributed by atoms with van der Waals surface area (Å²) in [5, 5.41) is 5.68. The van der Waals surface area contributed by atoms with E-state index in [1.165, 1.54) is 0 Å². The molecule has 1 amide bonds. The van der Waals surface area contributed by atoms with Gasteiger partial charge in [0.1, 0.15) is 11.6 Å². The van der Waals surface area contributed by atoms with Crippen molar-refractivity contribution in [3.8, 4) is 0 Å². The van der Waals surface area contributed by atoms with E-state index < -0.39 is 0 Å². The minimum atomic E-state index is -0.227. The Morgan fingerprint density at radius 1 is 1.26 bits per heavy atom. The zero-order valence-electron chi connectivity index (χ0n) is 11.2. The van der Waals surface area contributed by atoms with E-state index in [4.69, 9.17) is 0 Å². The number of pyridine rings is 2. The fourth-order valence-electron chi connectivity index (χ4n) is 1.88. The first-order valence-corrected chi connectivity index (χ1v) is 5.99. The SMILES string of the molecule is CNc1ncccc1C(=O)Nc1cc(C)cc(C)n1. The van der Waals surface area contributed by atoms with E-state index in [2.05, 4.69) is 20.6 Å². The number of nitrogens with one attached hydrogen (secondary N) is 2. The second kappa shape index (κ2) is 5.48. The van der Waals surface area contributed by atoms with Crippen LogP contribution in [0, 0.1) is 13.8 Å². The number of carbonyl (C=O) groups is 1. The molecule has 2 aromatic heterocycles. The fraction of sp³-hybridized carbons (Fsp3) is 0.214. The summed E-state index contributed by atoms with van der Waals surface area (Å²) in [6.07, 6.45) is 1.64. The van der Waals surface area contributed by atoms with E-state index >= 15 is 0 Å². The van der Waals surface area contributed by atoms with Gasteiger partial charge in [-0.05, 0) is 43.7 Å². The third-order valence-corrected chi connectivity index (χ3v) is 2.63. The highest BCUT2D eigenvalue weighted by atomic mass is 16.1. The monoisotopic (exact) mass is 256 g/mol. The Kier molecular flexibility index (Phi) is 3.75. The van der Waals surface area contributed by atoms with Crippen molar-refractivity contribution in [3.63, 3.8) is 0 Å². The highest BCUT2D eigenvalue weighted by Gasteiger charge is 2.12. The van der Waals surface area contributed by atoms with Crippen molar-refractivity contribution in [2.24, 2.45) is 0 Å². The molecule has 2 rings (SSSR count). The number of rotatable bonds is 3. The van der Waals surface area contributed by atoms with Crippen molar-refractivity contribution in [3.05, 3.63) is 47.3 Å². The summed E-state index contributed by atoms with van der Waals surface area (Å²) in [6.45, 7) is 3.86. The van der Waals surface area contributed by atoms with Crippen LogP contribution in [0.25, 0.3) is 0 Å². The molecule has 0 aliphatic rings. The van der Waals surface area contributed by atoms with Crippen LogP contribution < -0.4 is 10.6 Å². The molecule has 0 saturated heterocycles. The number of aryl methyl sites for hydroxylation is 2. The predicted molar refractivity (Wildman–Crippen MR) is 75.4 cm³/mol. The van der Waals surface area contributed by atoms with Crippen LogP contribution in [-0.2, 0) is 0 Å². The van der Waals surface area contributed by atoms with E-state index in [9.17, 15) is 4.79 Å². The van der Waals surface area contributed by atoms with Gasteiger partial charge < -0.3 is 10.6 Å². The van der Waals surface area contributed by atoms with Gasteiger partial charge in [0.15, 0.2) is 0 Å². The number of hydrogen-bond donors (Lipinski definition) is 2. The number of aromatic nitrogens is 2. The average molecular weight is 256 g/mol. The van der Waals surface area contributed by atoms with Crippen molar-refractivity contribution in [2.75, 3.05) is 17.7 Å². The van der Waals surface area contributed by atoms with Crippen LogP contribution in [0.15, 0.2) is 30.5 Å². The van der Waals surface area contributed by atoms with E-state index in [1.807, 2.05) is 26.0 Å². The summed E-state index contributed by atoms with van der Waals surface area (Å²) >= 11 is 0. The molecule has 0 unspecified atom stereocenters. The third-order valence-electron chi connectivity index (χ3n) is 2.63. The highest BCUT2D eigenvalue weighted by molar-refractivity contribution is 6.07. The lowest BCUT2D eigenvalue weighted by Gasteiger charge is -2.09. The molecule has 0 atom stereocenters. The number of carbonyl (C=O) groups excluding carboxylic acids is 1. The van der Waals surface area contributed by atoms with Crippen LogP contribution in [0.1, 0.15) is 21.6 Å². The van der Waals surface area contributed by atoms with Crippen LogP contribution in [0.5, 0.6) is 0 Å². The molecule has 19 heavy (non-hydrogen) atoms. The maximum atomic E-state index is 12.2. The van der Waals surface area contributed by atoms with Crippen molar-refractivity contribution in [1.29, 1.82) is 0 Å². The summed E-state index contributed by atoms with van der Waals surface area (Å²) in [5.41, 5.74) is 2.42. The van der Waals surface area contributed by atoms with Crippen LogP contribution in [0.4, 0.5) is 11.6 Å². The average Bonchev–Trinajstić information content (AvgIpc) is 2.37. The number of nitrogens with zero attached hydrogens (tertiary/aromatic N) is 2. The Labute approximate surface area is 112 Å². The number of hydrogen-bond acceptors (Lipinski definition) is 4. The smallest absolute Gasteiger partial charge is 0.260 e. The molecular formula is C14H16N4O. The molecule has 2 N–H and O–H groups in total. The normalized spacial score (nSPS) is 10.1. The molecule has 0 fully saturated rings. The van der Waals surface area contributed by atoms with Crippen LogP contribution >= 0.6 is 0 Å². The van der Waals surface area contributed by atoms with Gasteiger partial charge >= 0.3 is 0 Å². The highest BCUT2D eigenvalue weighted by Crippen LogP contribution is 2.14. The molecule has 98 valence electrons. The van der Waals surface area contributed by atoms with Crippen LogP contribution in [0.2, 0.25) is 0 Å². The summed E-state index contributed by atoms with van der Waals surface area (Å²) in [5.74, 6) is 0.868. The van der Waals surface area contributed by atoms with Crippen molar-refractivity contribution < 1.29 is 4.79 Å². The van der Waals surface area contributed by atoms with Gasteiger partial charge in [0.2, 0.25) is 0 Å².